The van der Waals surface area contributed by atoms with E-state index >= 15 is 0 Å². The second kappa shape index (κ2) is 10.4. The van der Waals surface area contributed by atoms with Crippen molar-refractivity contribution in [3.05, 3.63) is 64.4 Å². The summed E-state index contributed by atoms with van der Waals surface area (Å²) >= 11 is 6.14. The summed E-state index contributed by atoms with van der Waals surface area (Å²) < 4.78 is 11.2. The molecule has 8 nitrogen and oxygen atoms in total. The van der Waals surface area contributed by atoms with E-state index in [1.807, 2.05) is 50.2 Å². The highest BCUT2D eigenvalue weighted by Gasteiger charge is 2.34. The van der Waals surface area contributed by atoms with Gasteiger partial charge in [0, 0.05) is 66.4 Å². The zero-order valence-electron chi connectivity index (χ0n) is 21.1. The smallest absolute Gasteiger partial charge is 0.291 e. The second-order valence-electron chi connectivity index (χ2n) is 9.45. The maximum Gasteiger partial charge on any atom is 0.291 e. The van der Waals surface area contributed by atoms with Crippen molar-refractivity contribution in [2.24, 2.45) is 9.98 Å². The van der Waals surface area contributed by atoms with Crippen LogP contribution >= 0.6 is 11.6 Å². The third-order valence-electron chi connectivity index (χ3n) is 7.06. The highest BCUT2D eigenvalue weighted by atomic mass is 35.5. The maximum atomic E-state index is 13.3. The molecule has 2 atom stereocenters. The summed E-state index contributed by atoms with van der Waals surface area (Å²) in [5, 5.41) is 1.55. The summed E-state index contributed by atoms with van der Waals surface area (Å²) in [6.45, 7) is 5.51. The van der Waals surface area contributed by atoms with Crippen LogP contribution in [0.5, 0.6) is 5.75 Å². The summed E-state index contributed by atoms with van der Waals surface area (Å²) in [5.41, 5.74) is 2.47. The van der Waals surface area contributed by atoms with Crippen LogP contribution < -0.4 is 4.74 Å². The molecule has 0 radical (unpaired) electrons. The minimum Gasteiger partial charge on any atom is -0.497 e. The molecule has 1 saturated heterocycles. The van der Waals surface area contributed by atoms with Gasteiger partial charge in [-0.1, -0.05) is 23.7 Å². The number of nitrogens with zero attached hydrogens (tertiary/aromatic N) is 4. The molecule has 2 aromatic carbocycles. The van der Waals surface area contributed by atoms with Crippen LogP contribution in [0.25, 0.3) is 11.0 Å². The summed E-state index contributed by atoms with van der Waals surface area (Å²) in [6.07, 6.45) is 2.54. The standard InChI is InChI=1S/C28H29ClN4O4/c1-17-16-32(27(34)25-18(2)23-8-7-22(36-3)14-24(23)37-25)11-12-33(17)28(35)26-30-10-9-20(15-31-26)19-5-4-6-21(29)13-19/h4-8,13-15,17,20H,9-12,16H2,1-3H3. The lowest BCUT2D eigenvalue weighted by atomic mass is 9.97. The Labute approximate surface area is 220 Å². The second-order valence-corrected chi connectivity index (χ2v) is 9.89. The van der Waals surface area contributed by atoms with Crippen LogP contribution in [-0.2, 0) is 4.79 Å². The Kier molecular flexibility index (Phi) is 7.02. The van der Waals surface area contributed by atoms with Gasteiger partial charge in [-0.25, -0.2) is 4.99 Å². The predicted molar refractivity (Wildman–Crippen MR) is 144 cm³/mol. The first kappa shape index (κ1) is 25.0. The van der Waals surface area contributed by atoms with Gasteiger partial charge in [0.15, 0.2) is 5.76 Å². The number of hydrogen-bond donors (Lipinski definition) is 0. The molecule has 2 aliphatic heterocycles. The number of amides is 2. The van der Waals surface area contributed by atoms with E-state index in [0.717, 1.165) is 22.9 Å². The number of aliphatic imine (C=N–C) groups is 2. The molecule has 0 saturated carbocycles. The molecule has 2 amide bonds. The van der Waals surface area contributed by atoms with Gasteiger partial charge < -0.3 is 19.0 Å². The number of methoxy groups -OCH3 is 1. The van der Waals surface area contributed by atoms with Gasteiger partial charge in [-0.3, -0.25) is 14.6 Å². The van der Waals surface area contributed by atoms with Crippen molar-refractivity contribution < 1.29 is 18.7 Å². The van der Waals surface area contributed by atoms with Crippen molar-refractivity contribution in [3.63, 3.8) is 0 Å². The van der Waals surface area contributed by atoms with Crippen molar-refractivity contribution in [3.8, 4) is 5.75 Å². The van der Waals surface area contributed by atoms with Crippen molar-refractivity contribution >= 4 is 46.4 Å². The molecule has 2 aliphatic rings. The Morgan fingerprint density at radius 3 is 2.73 bits per heavy atom. The highest BCUT2D eigenvalue weighted by molar-refractivity contribution is 6.39. The lowest BCUT2D eigenvalue weighted by Gasteiger charge is -2.39. The summed E-state index contributed by atoms with van der Waals surface area (Å²) in [7, 11) is 1.59. The number of carbonyl (C=O) groups excluding carboxylic acids is 2. The molecule has 37 heavy (non-hydrogen) atoms. The number of ether oxygens (including phenoxy) is 1. The van der Waals surface area contributed by atoms with E-state index in [1.165, 1.54) is 0 Å². The molecular formula is C28H29ClN4O4. The SMILES string of the molecule is COc1ccc2c(C)c(C(=O)N3CCN(C(=O)C4=NCCC(c5cccc(Cl)c5)C=N4)C(C)C3)oc2c1. The molecular weight excluding hydrogens is 492 g/mol. The van der Waals surface area contributed by atoms with E-state index in [1.54, 1.807) is 29.2 Å². The van der Waals surface area contributed by atoms with Crippen LogP contribution in [0.1, 0.15) is 40.9 Å². The number of amidine groups is 1. The van der Waals surface area contributed by atoms with Gasteiger partial charge in [-0.15, -0.1) is 0 Å². The monoisotopic (exact) mass is 520 g/mol. The maximum absolute atomic E-state index is 13.3. The molecule has 192 valence electrons. The zero-order chi connectivity index (χ0) is 26.1. The molecule has 1 fully saturated rings. The molecule has 0 spiro atoms. The van der Waals surface area contributed by atoms with Crippen molar-refractivity contribution in [1.29, 1.82) is 0 Å². The molecule has 3 aromatic rings. The van der Waals surface area contributed by atoms with Gasteiger partial charge in [-0.2, -0.15) is 0 Å². The van der Waals surface area contributed by atoms with Crippen LogP contribution in [0, 0.1) is 6.92 Å². The van der Waals surface area contributed by atoms with E-state index in [2.05, 4.69) is 9.98 Å². The fourth-order valence-electron chi connectivity index (χ4n) is 4.95. The van der Waals surface area contributed by atoms with E-state index in [4.69, 9.17) is 20.8 Å². The quantitative estimate of drug-likeness (QED) is 0.497. The topological polar surface area (TPSA) is 87.7 Å². The van der Waals surface area contributed by atoms with Crippen molar-refractivity contribution in [2.45, 2.75) is 32.2 Å². The number of benzene rings is 2. The minimum absolute atomic E-state index is 0.0478. The number of piperazine rings is 1. The third kappa shape index (κ3) is 4.98. The van der Waals surface area contributed by atoms with E-state index in [-0.39, 0.29) is 29.6 Å². The number of aryl methyl sites for hydroxylation is 1. The Morgan fingerprint density at radius 1 is 1.14 bits per heavy atom. The molecule has 0 aliphatic carbocycles. The lowest BCUT2D eigenvalue weighted by Crippen LogP contribution is -2.56. The molecule has 2 unspecified atom stereocenters. The predicted octanol–water partition coefficient (Wildman–Crippen LogP) is 4.73. The molecule has 1 aromatic heterocycles. The van der Waals surface area contributed by atoms with Gasteiger partial charge in [0.1, 0.15) is 11.3 Å². The van der Waals surface area contributed by atoms with E-state index in [0.29, 0.717) is 48.3 Å². The van der Waals surface area contributed by atoms with Crippen molar-refractivity contribution in [1.82, 2.24) is 9.80 Å². The third-order valence-corrected chi connectivity index (χ3v) is 7.30. The average molecular weight is 521 g/mol. The van der Waals surface area contributed by atoms with Crippen LogP contribution in [0.3, 0.4) is 0 Å². The number of halogens is 1. The van der Waals surface area contributed by atoms with Gasteiger partial charge in [0.2, 0.25) is 5.84 Å². The van der Waals surface area contributed by atoms with Crippen LogP contribution in [0.2, 0.25) is 5.02 Å². The first-order valence-electron chi connectivity index (χ1n) is 12.4. The fraction of sp³-hybridized carbons (Fsp3) is 0.357. The summed E-state index contributed by atoms with van der Waals surface area (Å²) in [4.78, 5) is 39.1. The normalized spacial score (nSPS) is 20.1. The lowest BCUT2D eigenvalue weighted by molar-refractivity contribution is -0.128. The fourth-order valence-corrected chi connectivity index (χ4v) is 5.15. The van der Waals surface area contributed by atoms with Crippen LogP contribution in [-0.4, -0.2) is 73.0 Å². The Morgan fingerprint density at radius 2 is 1.97 bits per heavy atom. The number of hydrogen-bond acceptors (Lipinski definition) is 6. The molecule has 5 rings (SSSR count). The summed E-state index contributed by atoms with van der Waals surface area (Å²) in [6, 6.07) is 13.0. The molecule has 9 heteroatoms. The number of furan rings is 1. The van der Waals surface area contributed by atoms with Crippen LogP contribution in [0.15, 0.2) is 56.9 Å². The number of fused-ring (bicyclic) bond motifs is 1. The highest BCUT2D eigenvalue weighted by Crippen LogP contribution is 2.30. The first-order valence-corrected chi connectivity index (χ1v) is 12.7. The Hall–Kier alpha value is -3.65. The molecule has 3 heterocycles. The van der Waals surface area contributed by atoms with Gasteiger partial charge in [0.25, 0.3) is 11.8 Å². The number of rotatable bonds is 4. The number of carbonyl (C=O) groups is 2. The van der Waals surface area contributed by atoms with Gasteiger partial charge in [-0.05, 0) is 50.1 Å². The van der Waals surface area contributed by atoms with Gasteiger partial charge in [0.05, 0.1) is 7.11 Å². The summed E-state index contributed by atoms with van der Waals surface area (Å²) in [5.74, 6) is 0.851. The van der Waals surface area contributed by atoms with Crippen molar-refractivity contribution in [2.75, 3.05) is 33.3 Å². The average Bonchev–Trinajstić information content (AvgIpc) is 3.06. The van der Waals surface area contributed by atoms with E-state index in [9.17, 15) is 9.59 Å². The minimum atomic E-state index is -0.213. The largest absolute Gasteiger partial charge is 0.497 e. The Bertz CT molecular complexity index is 1410. The molecule has 0 bridgehead atoms. The Balaban J connectivity index is 1.26. The van der Waals surface area contributed by atoms with Gasteiger partial charge >= 0.3 is 0 Å². The van der Waals surface area contributed by atoms with E-state index < -0.39 is 0 Å². The first-order chi connectivity index (χ1) is 17.9. The van der Waals surface area contributed by atoms with Crippen LogP contribution in [0.4, 0.5) is 0 Å². The zero-order valence-corrected chi connectivity index (χ0v) is 21.9. The molecule has 0 N–H and O–H groups in total.